The van der Waals surface area contributed by atoms with E-state index in [1.54, 1.807) is 6.20 Å². The summed E-state index contributed by atoms with van der Waals surface area (Å²) >= 11 is 0. The SMILES string of the molecule is O=S(=O)(c1cc(F)cc(F)c1)N1CCc2cnc(N3CCOCC3)nc2C1. The van der Waals surface area contributed by atoms with Crippen LogP contribution in [-0.2, 0) is 27.7 Å². The highest BCUT2D eigenvalue weighted by Crippen LogP contribution is 2.26. The predicted octanol–water partition coefficient (Wildman–Crippen LogP) is 1.34. The van der Waals surface area contributed by atoms with Crippen molar-refractivity contribution in [3.63, 3.8) is 0 Å². The molecule has 1 saturated heterocycles. The summed E-state index contributed by atoms with van der Waals surface area (Å²) in [5, 5.41) is 0. The zero-order valence-electron chi connectivity index (χ0n) is 14.4. The largest absolute Gasteiger partial charge is 0.378 e. The van der Waals surface area contributed by atoms with Gasteiger partial charge in [0.25, 0.3) is 0 Å². The van der Waals surface area contributed by atoms with Crippen molar-refractivity contribution >= 4 is 16.0 Å². The molecule has 0 N–H and O–H groups in total. The summed E-state index contributed by atoms with van der Waals surface area (Å²) in [6, 6.07) is 2.30. The van der Waals surface area contributed by atoms with Gasteiger partial charge >= 0.3 is 0 Å². The van der Waals surface area contributed by atoms with Crippen LogP contribution in [0.5, 0.6) is 0 Å². The van der Waals surface area contributed by atoms with Crippen molar-refractivity contribution in [2.45, 2.75) is 17.9 Å². The highest BCUT2D eigenvalue weighted by atomic mass is 32.2. The minimum absolute atomic E-state index is 0.0374. The number of halogens is 2. The molecule has 0 atom stereocenters. The first-order valence-electron chi connectivity index (χ1n) is 8.57. The van der Waals surface area contributed by atoms with Gasteiger partial charge in [0.1, 0.15) is 11.6 Å². The number of sulfonamides is 1. The Balaban J connectivity index is 1.61. The van der Waals surface area contributed by atoms with Gasteiger partial charge in [-0.2, -0.15) is 4.31 Å². The van der Waals surface area contributed by atoms with Gasteiger partial charge < -0.3 is 9.64 Å². The molecule has 4 rings (SSSR count). The van der Waals surface area contributed by atoms with Crippen molar-refractivity contribution < 1.29 is 21.9 Å². The third-order valence-electron chi connectivity index (χ3n) is 4.67. The number of nitrogens with zero attached hydrogens (tertiary/aromatic N) is 4. The molecule has 27 heavy (non-hydrogen) atoms. The predicted molar refractivity (Wildman–Crippen MR) is 92.7 cm³/mol. The van der Waals surface area contributed by atoms with E-state index >= 15 is 0 Å². The average molecular weight is 396 g/mol. The minimum atomic E-state index is -4.03. The van der Waals surface area contributed by atoms with E-state index in [4.69, 9.17) is 4.74 Å². The molecule has 0 unspecified atom stereocenters. The van der Waals surface area contributed by atoms with Crippen LogP contribution >= 0.6 is 0 Å². The topological polar surface area (TPSA) is 75.6 Å². The van der Waals surface area contributed by atoms with Crippen LogP contribution in [-0.4, -0.2) is 55.5 Å². The molecule has 1 fully saturated rings. The van der Waals surface area contributed by atoms with E-state index in [-0.39, 0.29) is 13.1 Å². The van der Waals surface area contributed by atoms with Gasteiger partial charge in [-0.1, -0.05) is 0 Å². The molecule has 144 valence electrons. The highest BCUT2D eigenvalue weighted by Gasteiger charge is 2.30. The van der Waals surface area contributed by atoms with Gasteiger partial charge in [-0.15, -0.1) is 0 Å². The number of benzene rings is 1. The van der Waals surface area contributed by atoms with Crippen molar-refractivity contribution in [3.05, 3.63) is 47.3 Å². The Labute approximate surface area is 155 Å². The lowest BCUT2D eigenvalue weighted by atomic mass is 10.1. The lowest BCUT2D eigenvalue weighted by molar-refractivity contribution is 0.122. The fourth-order valence-electron chi connectivity index (χ4n) is 3.22. The van der Waals surface area contributed by atoms with Crippen molar-refractivity contribution in [3.8, 4) is 0 Å². The average Bonchev–Trinajstić information content (AvgIpc) is 2.67. The second-order valence-corrected chi connectivity index (χ2v) is 8.37. The van der Waals surface area contributed by atoms with Crippen molar-refractivity contribution in [2.24, 2.45) is 0 Å². The maximum Gasteiger partial charge on any atom is 0.243 e. The minimum Gasteiger partial charge on any atom is -0.378 e. The Morgan fingerprint density at radius 3 is 2.44 bits per heavy atom. The van der Waals surface area contributed by atoms with Gasteiger partial charge in [0.15, 0.2) is 0 Å². The monoisotopic (exact) mass is 396 g/mol. The zero-order chi connectivity index (χ0) is 19.0. The molecule has 1 aromatic heterocycles. The number of aromatic nitrogens is 2. The van der Waals surface area contributed by atoms with E-state index in [0.29, 0.717) is 50.4 Å². The highest BCUT2D eigenvalue weighted by molar-refractivity contribution is 7.89. The maximum absolute atomic E-state index is 13.5. The first-order chi connectivity index (χ1) is 12.9. The Morgan fingerprint density at radius 2 is 1.74 bits per heavy atom. The Kier molecular flexibility index (Phi) is 4.79. The molecule has 2 aliphatic heterocycles. The van der Waals surface area contributed by atoms with Gasteiger partial charge in [-0.05, 0) is 24.1 Å². The maximum atomic E-state index is 13.5. The smallest absolute Gasteiger partial charge is 0.243 e. The first-order valence-corrected chi connectivity index (χ1v) is 10.0. The van der Waals surface area contributed by atoms with E-state index in [1.165, 1.54) is 4.31 Å². The summed E-state index contributed by atoms with van der Waals surface area (Å²) in [5.41, 5.74) is 1.49. The molecule has 1 aromatic carbocycles. The van der Waals surface area contributed by atoms with E-state index in [2.05, 4.69) is 9.97 Å². The van der Waals surface area contributed by atoms with Gasteiger partial charge in [0.05, 0.1) is 30.3 Å². The third-order valence-corrected chi connectivity index (χ3v) is 6.49. The molecular formula is C17H18F2N4O3S. The zero-order valence-corrected chi connectivity index (χ0v) is 15.3. The summed E-state index contributed by atoms with van der Waals surface area (Å²) in [6.07, 6.45) is 2.16. The van der Waals surface area contributed by atoms with Crippen LogP contribution in [0.15, 0.2) is 29.3 Å². The summed E-state index contributed by atoms with van der Waals surface area (Å²) in [6.45, 7) is 2.76. The summed E-state index contributed by atoms with van der Waals surface area (Å²) < 4.78 is 59.1. The molecule has 10 heteroatoms. The van der Waals surface area contributed by atoms with Crippen LogP contribution in [0, 0.1) is 11.6 Å². The van der Waals surface area contributed by atoms with Crippen molar-refractivity contribution in [1.29, 1.82) is 0 Å². The molecule has 0 radical (unpaired) electrons. The molecule has 0 aliphatic carbocycles. The van der Waals surface area contributed by atoms with Crippen LogP contribution in [0.1, 0.15) is 11.3 Å². The second-order valence-electron chi connectivity index (χ2n) is 6.44. The molecule has 0 amide bonds. The number of ether oxygens (including phenoxy) is 1. The lowest BCUT2D eigenvalue weighted by Crippen LogP contribution is -2.39. The standard InChI is InChI=1S/C17H18F2N4O3S/c18-13-7-14(19)9-15(8-13)27(24,25)23-2-1-12-10-20-17(21-16(12)11-23)22-3-5-26-6-4-22/h7-10H,1-6,11H2. The molecule has 3 heterocycles. The molecule has 0 spiro atoms. The van der Waals surface area contributed by atoms with Crippen molar-refractivity contribution in [1.82, 2.24) is 14.3 Å². The van der Waals surface area contributed by atoms with Gasteiger partial charge in [-0.25, -0.2) is 27.2 Å². The van der Waals surface area contributed by atoms with Gasteiger partial charge in [0, 0.05) is 31.9 Å². The number of anilines is 1. The van der Waals surface area contributed by atoms with Gasteiger partial charge in [-0.3, -0.25) is 0 Å². The van der Waals surface area contributed by atoms with Crippen LogP contribution in [0.25, 0.3) is 0 Å². The first kappa shape index (κ1) is 18.2. The fourth-order valence-corrected chi connectivity index (χ4v) is 4.66. The quantitative estimate of drug-likeness (QED) is 0.780. The summed E-state index contributed by atoms with van der Waals surface area (Å²) in [4.78, 5) is 10.5. The number of hydrogen-bond donors (Lipinski definition) is 0. The molecule has 7 nitrogen and oxygen atoms in total. The van der Waals surface area contributed by atoms with Gasteiger partial charge in [0.2, 0.25) is 16.0 Å². The second kappa shape index (κ2) is 7.10. The van der Waals surface area contributed by atoms with Crippen LogP contribution in [0.3, 0.4) is 0 Å². The molecule has 2 aromatic rings. The van der Waals surface area contributed by atoms with E-state index in [1.807, 2.05) is 4.90 Å². The van der Waals surface area contributed by atoms with Crippen molar-refractivity contribution in [2.75, 3.05) is 37.7 Å². The number of morpholine rings is 1. The van der Waals surface area contributed by atoms with E-state index in [9.17, 15) is 17.2 Å². The molecule has 2 aliphatic rings. The number of fused-ring (bicyclic) bond motifs is 1. The summed E-state index contributed by atoms with van der Waals surface area (Å²) in [7, 11) is -4.03. The normalized spacial score (nSPS) is 18.4. The fraction of sp³-hybridized carbons (Fsp3) is 0.412. The Bertz CT molecular complexity index is 944. The van der Waals surface area contributed by atoms with Crippen LogP contribution < -0.4 is 4.90 Å². The van der Waals surface area contributed by atoms with Crippen LogP contribution in [0.4, 0.5) is 14.7 Å². The van der Waals surface area contributed by atoms with E-state index < -0.39 is 26.6 Å². The van der Waals surface area contributed by atoms with Crippen LogP contribution in [0.2, 0.25) is 0 Å². The summed E-state index contributed by atoms with van der Waals surface area (Å²) in [5.74, 6) is -1.32. The van der Waals surface area contributed by atoms with E-state index in [0.717, 1.165) is 17.7 Å². The third kappa shape index (κ3) is 3.64. The Hall–Kier alpha value is -2.17. The molecular weight excluding hydrogens is 378 g/mol. The lowest BCUT2D eigenvalue weighted by Gasteiger charge is -2.30. The molecule has 0 saturated carbocycles. The number of hydrogen-bond acceptors (Lipinski definition) is 6. The number of rotatable bonds is 3. The molecule has 0 bridgehead atoms. The Morgan fingerprint density at radius 1 is 1.04 bits per heavy atom.